The highest BCUT2D eigenvalue weighted by Crippen LogP contribution is 2.29. The van der Waals surface area contributed by atoms with Crippen LogP contribution in [0.15, 0.2) is 36.5 Å². The molecule has 2 rings (SSSR count). The van der Waals surface area contributed by atoms with Gasteiger partial charge >= 0.3 is 5.97 Å². The SMILES string of the molecule is CCN(CC)C(=O)/C=C(/C)c1cnc(OCc2c(F)cccc2F)c(OCC(=O)O)c1. The van der Waals surface area contributed by atoms with Gasteiger partial charge in [-0.05, 0) is 50.1 Å². The van der Waals surface area contributed by atoms with Crippen molar-refractivity contribution in [2.45, 2.75) is 27.4 Å². The van der Waals surface area contributed by atoms with Crippen molar-refractivity contribution in [1.29, 1.82) is 0 Å². The number of ether oxygens (including phenoxy) is 2. The minimum absolute atomic E-state index is 0.0281. The number of benzene rings is 1. The summed E-state index contributed by atoms with van der Waals surface area (Å²) < 4.78 is 38.3. The molecule has 1 heterocycles. The monoisotopic (exact) mass is 434 g/mol. The first-order chi connectivity index (χ1) is 14.8. The van der Waals surface area contributed by atoms with E-state index in [1.54, 1.807) is 11.8 Å². The topological polar surface area (TPSA) is 89.0 Å². The molecular weight excluding hydrogens is 410 g/mol. The third kappa shape index (κ3) is 6.50. The number of carboxylic acids is 1. The molecule has 0 aliphatic carbocycles. The highest BCUT2D eigenvalue weighted by Gasteiger charge is 2.15. The van der Waals surface area contributed by atoms with Crippen molar-refractivity contribution in [3.05, 3.63) is 59.3 Å². The first-order valence-electron chi connectivity index (χ1n) is 9.64. The zero-order valence-corrected chi connectivity index (χ0v) is 17.5. The van der Waals surface area contributed by atoms with Crippen molar-refractivity contribution in [3.63, 3.8) is 0 Å². The molecule has 0 bridgehead atoms. The van der Waals surface area contributed by atoms with Gasteiger partial charge in [-0.25, -0.2) is 18.6 Å². The lowest BCUT2D eigenvalue weighted by Crippen LogP contribution is -2.28. The van der Waals surface area contributed by atoms with Gasteiger partial charge < -0.3 is 19.5 Å². The molecule has 1 amide bonds. The summed E-state index contributed by atoms with van der Waals surface area (Å²) in [7, 11) is 0. The number of carboxylic acid groups (broad SMARTS) is 1. The number of allylic oxidation sites excluding steroid dienone is 1. The van der Waals surface area contributed by atoms with Gasteiger partial charge in [-0.1, -0.05) is 6.07 Å². The van der Waals surface area contributed by atoms with E-state index in [1.165, 1.54) is 24.4 Å². The second kappa shape index (κ2) is 11.1. The largest absolute Gasteiger partial charge is 0.479 e. The van der Waals surface area contributed by atoms with Crippen molar-refractivity contribution in [2.24, 2.45) is 0 Å². The molecule has 0 saturated heterocycles. The van der Waals surface area contributed by atoms with E-state index in [2.05, 4.69) is 4.98 Å². The number of rotatable bonds is 10. The van der Waals surface area contributed by atoms with Crippen molar-refractivity contribution in [3.8, 4) is 11.6 Å². The van der Waals surface area contributed by atoms with E-state index in [4.69, 9.17) is 14.6 Å². The average Bonchev–Trinajstić information content (AvgIpc) is 2.73. The minimum atomic E-state index is -1.22. The summed E-state index contributed by atoms with van der Waals surface area (Å²) in [5, 5.41) is 8.91. The van der Waals surface area contributed by atoms with Crippen LogP contribution >= 0.6 is 0 Å². The van der Waals surface area contributed by atoms with Crippen LogP contribution in [0.3, 0.4) is 0 Å². The van der Waals surface area contributed by atoms with Crippen LogP contribution in [0.1, 0.15) is 31.9 Å². The summed E-state index contributed by atoms with van der Waals surface area (Å²) in [5.41, 5.74) is 0.792. The zero-order chi connectivity index (χ0) is 23.0. The number of pyridine rings is 1. The van der Waals surface area contributed by atoms with Gasteiger partial charge in [0.15, 0.2) is 12.4 Å². The zero-order valence-electron chi connectivity index (χ0n) is 17.5. The Balaban J connectivity index is 2.30. The van der Waals surface area contributed by atoms with Crippen LogP contribution in [0.4, 0.5) is 8.78 Å². The van der Waals surface area contributed by atoms with E-state index in [-0.39, 0.29) is 23.1 Å². The van der Waals surface area contributed by atoms with E-state index in [0.717, 1.165) is 12.1 Å². The molecule has 0 radical (unpaired) electrons. The van der Waals surface area contributed by atoms with Gasteiger partial charge in [-0.2, -0.15) is 0 Å². The number of carbonyl (C=O) groups excluding carboxylic acids is 1. The van der Waals surface area contributed by atoms with Gasteiger partial charge in [-0.3, -0.25) is 4.79 Å². The van der Waals surface area contributed by atoms with Crippen molar-refractivity contribution in [1.82, 2.24) is 9.88 Å². The van der Waals surface area contributed by atoms with Crippen molar-refractivity contribution in [2.75, 3.05) is 19.7 Å². The maximum absolute atomic E-state index is 13.8. The standard InChI is InChI=1S/C22H24F2N2O5/c1-4-26(5-2)20(27)9-14(3)15-10-19(30-13-21(28)29)22(25-11-15)31-12-16-17(23)7-6-8-18(16)24/h6-11H,4-5,12-13H2,1-3H3,(H,28,29)/b14-9-. The van der Waals surface area contributed by atoms with Crippen LogP contribution in [0, 0.1) is 11.6 Å². The Morgan fingerprint density at radius 1 is 1.16 bits per heavy atom. The summed E-state index contributed by atoms with van der Waals surface area (Å²) in [6, 6.07) is 4.89. The number of likely N-dealkylation sites (N-methyl/N-ethyl adjacent to an activating group) is 1. The third-order valence-corrected chi connectivity index (χ3v) is 4.45. The molecule has 2 aromatic rings. The van der Waals surface area contributed by atoms with Gasteiger partial charge in [0.05, 0.1) is 5.56 Å². The number of aliphatic carboxylic acids is 1. The predicted octanol–water partition coefficient (Wildman–Crippen LogP) is 3.67. The molecule has 31 heavy (non-hydrogen) atoms. The fourth-order valence-electron chi connectivity index (χ4n) is 2.70. The summed E-state index contributed by atoms with van der Waals surface area (Å²) >= 11 is 0. The average molecular weight is 434 g/mol. The van der Waals surface area contributed by atoms with Crippen LogP contribution in [0.25, 0.3) is 5.57 Å². The smallest absolute Gasteiger partial charge is 0.341 e. The van der Waals surface area contributed by atoms with Crippen LogP contribution < -0.4 is 9.47 Å². The van der Waals surface area contributed by atoms with Crippen molar-refractivity contribution < 1.29 is 33.0 Å². The van der Waals surface area contributed by atoms with Gasteiger partial charge in [0.2, 0.25) is 5.91 Å². The lowest BCUT2D eigenvalue weighted by Gasteiger charge is -2.17. The number of hydrogen-bond donors (Lipinski definition) is 1. The number of nitrogens with zero attached hydrogens (tertiary/aromatic N) is 2. The molecule has 0 saturated carbocycles. The molecule has 0 unspecified atom stereocenters. The number of halogens is 2. The Morgan fingerprint density at radius 2 is 1.81 bits per heavy atom. The number of aromatic nitrogens is 1. The molecule has 1 N–H and O–H groups in total. The quantitative estimate of drug-likeness (QED) is 0.574. The summed E-state index contributed by atoms with van der Waals surface area (Å²) in [6.07, 6.45) is 2.85. The second-order valence-corrected chi connectivity index (χ2v) is 6.54. The first kappa shape index (κ1) is 23.8. The Morgan fingerprint density at radius 3 is 2.39 bits per heavy atom. The van der Waals surface area contributed by atoms with E-state index >= 15 is 0 Å². The highest BCUT2D eigenvalue weighted by atomic mass is 19.1. The van der Waals surface area contributed by atoms with E-state index in [9.17, 15) is 18.4 Å². The van der Waals surface area contributed by atoms with Crippen LogP contribution in [-0.2, 0) is 16.2 Å². The Bertz CT molecular complexity index is 954. The molecule has 0 spiro atoms. The fraction of sp³-hybridized carbons (Fsp3) is 0.318. The summed E-state index contributed by atoms with van der Waals surface area (Å²) in [4.78, 5) is 28.9. The van der Waals surface area contributed by atoms with Crippen LogP contribution in [-0.4, -0.2) is 46.6 Å². The second-order valence-electron chi connectivity index (χ2n) is 6.54. The molecule has 0 fully saturated rings. The van der Waals surface area contributed by atoms with Gasteiger partial charge in [0, 0.05) is 25.4 Å². The van der Waals surface area contributed by atoms with Crippen LogP contribution in [0.5, 0.6) is 11.6 Å². The normalized spacial score (nSPS) is 11.2. The minimum Gasteiger partial charge on any atom is -0.479 e. The van der Waals surface area contributed by atoms with Crippen molar-refractivity contribution >= 4 is 17.4 Å². The lowest BCUT2D eigenvalue weighted by atomic mass is 10.1. The number of amides is 1. The third-order valence-electron chi connectivity index (χ3n) is 4.45. The van der Waals surface area contributed by atoms with Gasteiger partial charge in [0.25, 0.3) is 5.88 Å². The molecule has 0 aliphatic heterocycles. The predicted molar refractivity (Wildman–Crippen MR) is 110 cm³/mol. The molecule has 1 aromatic heterocycles. The molecular formula is C22H24F2N2O5. The van der Waals surface area contributed by atoms with Gasteiger partial charge in [0.1, 0.15) is 18.2 Å². The molecule has 7 nitrogen and oxygen atoms in total. The lowest BCUT2D eigenvalue weighted by molar-refractivity contribution is -0.139. The van der Waals surface area contributed by atoms with E-state index in [0.29, 0.717) is 24.2 Å². The molecule has 1 aromatic carbocycles. The van der Waals surface area contributed by atoms with E-state index < -0.39 is 30.8 Å². The maximum Gasteiger partial charge on any atom is 0.341 e. The number of hydrogen-bond acceptors (Lipinski definition) is 5. The summed E-state index contributed by atoms with van der Waals surface area (Å²) in [5.74, 6) is -3.11. The maximum atomic E-state index is 13.8. The van der Waals surface area contributed by atoms with Crippen LogP contribution in [0.2, 0.25) is 0 Å². The Hall–Kier alpha value is -3.49. The molecule has 0 atom stereocenters. The molecule has 9 heteroatoms. The number of carbonyl (C=O) groups is 2. The molecule has 166 valence electrons. The Labute approximate surface area is 178 Å². The van der Waals surface area contributed by atoms with E-state index in [1.807, 2.05) is 13.8 Å². The molecule has 0 aliphatic rings. The fourth-order valence-corrected chi connectivity index (χ4v) is 2.70. The first-order valence-corrected chi connectivity index (χ1v) is 9.64. The van der Waals surface area contributed by atoms with Gasteiger partial charge in [-0.15, -0.1) is 0 Å². The highest BCUT2D eigenvalue weighted by molar-refractivity contribution is 5.94. The summed E-state index contributed by atoms with van der Waals surface area (Å²) in [6.45, 7) is 5.42. The Kier molecular flexibility index (Phi) is 8.48.